The summed E-state index contributed by atoms with van der Waals surface area (Å²) in [5.74, 6) is 0.0980. The molecule has 1 aliphatic rings. The monoisotopic (exact) mass is 454 g/mol. The van der Waals surface area contributed by atoms with Crippen molar-refractivity contribution in [1.82, 2.24) is 10.5 Å². The highest BCUT2D eigenvalue weighted by Gasteiger charge is 2.25. The molecule has 0 saturated carbocycles. The van der Waals surface area contributed by atoms with Crippen LogP contribution in [-0.2, 0) is 21.1 Å². The van der Waals surface area contributed by atoms with Crippen molar-refractivity contribution >= 4 is 15.7 Å². The van der Waals surface area contributed by atoms with E-state index in [1.54, 1.807) is 25.1 Å². The number of aryl methyl sites for hydroxylation is 2. The van der Waals surface area contributed by atoms with Crippen molar-refractivity contribution in [3.05, 3.63) is 65.4 Å². The number of methoxy groups -OCH3 is 1. The molecule has 1 aromatic heterocycles. The largest absolute Gasteiger partial charge is 0.495 e. The lowest BCUT2D eigenvalue weighted by Gasteiger charge is -2.26. The summed E-state index contributed by atoms with van der Waals surface area (Å²) >= 11 is 0. The zero-order chi connectivity index (χ0) is 22.7. The van der Waals surface area contributed by atoms with Crippen LogP contribution in [0.15, 0.2) is 57.9 Å². The summed E-state index contributed by atoms with van der Waals surface area (Å²) in [4.78, 5) is 12.6. The summed E-state index contributed by atoms with van der Waals surface area (Å²) in [5, 5.41) is 6.86. The van der Waals surface area contributed by atoms with Gasteiger partial charge in [0.15, 0.2) is 15.6 Å². The number of amides is 1. The van der Waals surface area contributed by atoms with Gasteiger partial charge in [-0.05, 0) is 55.5 Å². The Morgan fingerprint density at radius 3 is 2.78 bits per heavy atom. The van der Waals surface area contributed by atoms with Crippen LogP contribution in [0.4, 0.5) is 0 Å². The average Bonchev–Trinajstić information content (AvgIpc) is 3.24. The highest BCUT2D eigenvalue weighted by atomic mass is 32.2. The molecule has 4 rings (SSSR count). The fourth-order valence-corrected chi connectivity index (χ4v) is 5.52. The lowest BCUT2D eigenvalue weighted by molar-refractivity contribution is -0.121. The van der Waals surface area contributed by atoms with Crippen LogP contribution in [0.25, 0.3) is 11.3 Å². The molecule has 0 spiro atoms. The van der Waals surface area contributed by atoms with Crippen molar-refractivity contribution in [2.24, 2.45) is 0 Å². The van der Waals surface area contributed by atoms with Crippen LogP contribution in [0.5, 0.6) is 5.75 Å². The number of sulfone groups is 1. The molecule has 2 aromatic carbocycles. The standard InChI is InChI=1S/C24H26N2O5S/c1-16-14-22(31-26-16)18-10-11-21(30-2)23(15-18)32(28,29)13-12-24(27)25-20-9-5-7-17-6-3-4-8-19(17)20/h3-4,6,8,10-11,14-15,20H,5,7,9,12-13H2,1-2H3,(H,25,27)/t20-/m1/s1. The van der Waals surface area contributed by atoms with Crippen molar-refractivity contribution in [3.63, 3.8) is 0 Å². The van der Waals surface area contributed by atoms with Crippen molar-refractivity contribution in [2.45, 2.75) is 43.5 Å². The normalized spacial score (nSPS) is 15.8. The number of nitrogens with one attached hydrogen (secondary N) is 1. The molecule has 0 fully saturated rings. The Kier molecular flexibility index (Phi) is 6.32. The topological polar surface area (TPSA) is 98.5 Å². The molecular weight excluding hydrogens is 428 g/mol. The predicted molar refractivity (Wildman–Crippen MR) is 120 cm³/mol. The highest BCUT2D eigenvalue weighted by Crippen LogP contribution is 2.32. The van der Waals surface area contributed by atoms with Gasteiger partial charge in [0, 0.05) is 18.1 Å². The molecule has 0 bridgehead atoms. The van der Waals surface area contributed by atoms with E-state index in [4.69, 9.17) is 9.26 Å². The second kappa shape index (κ2) is 9.16. The third-order valence-corrected chi connectivity index (χ3v) is 7.44. The van der Waals surface area contributed by atoms with Gasteiger partial charge < -0.3 is 14.6 Å². The Balaban J connectivity index is 1.48. The second-order valence-electron chi connectivity index (χ2n) is 7.98. The van der Waals surface area contributed by atoms with E-state index in [1.165, 1.54) is 18.7 Å². The average molecular weight is 455 g/mol. The fourth-order valence-electron chi connectivity index (χ4n) is 4.08. The van der Waals surface area contributed by atoms with Crippen LogP contribution >= 0.6 is 0 Å². The molecule has 7 nitrogen and oxygen atoms in total. The van der Waals surface area contributed by atoms with Gasteiger partial charge in [-0.15, -0.1) is 0 Å². The Labute approximate surface area is 187 Å². The van der Waals surface area contributed by atoms with Crippen molar-refractivity contribution in [2.75, 3.05) is 12.9 Å². The summed E-state index contributed by atoms with van der Waals surface area (Å²) in [6.45, 7) is 1.79. The smallest absolute Gasteiger partial charge is 0.221 e. The molecule has 1 N–H and O–H groups in total. The van der Waals surface area contributed by atoms with Crippen LogP contribution in [0.3, 0.4) is 0 Å². The Morgan fingerprint density at radius 2 is 2.03 bits per heavy atom. The molecule has 32 heavy (non-hydrogen) atoms. The molecule has 1 atom stereocenters. The number of carbonyl (C=O) groups excluding carboxylic acids is 1. The summed E-state index contributed by atoms with van der Waals surface area (Å²) in [6, 6.07) is 14.5. The third-order valence-electron chi connectivity index (χ3n) is 5.71. The molecular formula is C24H26N2O5S. The Hall–Kier alpha value is -3.13. The maximum absolute atomic E-state index is 13.1. The maximum Gasteiger partial charge on any atom is 0.221 e. The summed E-state index contributed by atoms with van der Waals surface area (Å²) < 4.78 is 36.7. The quantitative estimate of drug-likeness (QED) is 0.579. The molecule has 1 aliphatic carbocycles. The first kappa shape index (κ1) is 22.1. The molecule has 3 aromatic rings. The fraction of sp³-hybridized carbons (Fsp3) is 0.333. The minimum atomic E-state index is -3.77. The number of benzene rings is 2. The van der Waals surface area contributed by atoms with E-state index in [2.05, 4.69) is 16.5 Å². The van der Waals surface area contributed by atoms with Gasteiger partial charge in [-0.2, -0.15) is 0 Å². The van der Waals surface area contributed by atoms with Crippen LogP contribution in [-0.4, -0.2) is 32.3 Å². The van der Waals surface area contributed by atoms with Gasteiger partial charge in [-0.25, -0.2) is 8.42 Å². The van der Waals surface area contributed by atoms with Crippen LogP contribution in [0.1, 0.15) is 42.1 Å². The molecule has 168 valence electrons. The Morgan fingerprint density at radius 1 is 1.22 bits per heavy atom. The van der Waals surface area contributed by atoms with Crippen molar-refractivity contribution < 1.29 is 22.5 Å². The van der Waals surface area contributed by atoms with Crippen LogP contribution < -0.4 is 10.1 Å². The maximum atomic E-state index is 13.1. The van der Waals surface area contributed by atoms with E-state index in [1.807, 2.05) is 18.2 Å². The van der Waals surface area contributed by atoms with E-state index >= 15 is 0 Å². The van der Waals surface area contributed by atoms with E-state index in [0.717, 1.165) is 24.8 Å². The lowest BCUT2D eigenvalue weighted by atomic mass is 9.88. The first-order valence-corrected chi connectivity index (χ1v) is 12.2. The number of carbonyl (C=O) groups is 1. The number of rotatable bonds is 7. The molecule has 1 heterocycles. The zero-order valence-electron chi connectivity index (χ0n) is 18.1. The van der Waals surface area contributed by atoms with E-state index in [9.17, 15) is 13.2 Å². The van der Waals surface area contributed by atoms with Gasteiger partial charge >= 0.3 is 0 Å². The highest BCUT2D eigenvalue weighted by molar-refractivity contribution is 7.91. The number of aromatic nitrogens is 1. The number of ether oxygens (including phenoxy) is 1. The molecule has 0 unspecified atom stereocenters. The minimum Gasteiger partial charge on any atom is -0.495 e. The summed E-state index contributed by atoms with van der Waals surface area (Å²) in [5.41, 5.74) is 3.63. The van der Waals surface area contributed by atoms with Gasteiger partial charge in [-0.1, -0.05) is 29.4 Å². The van der Waals surface area contributed by atoms with Crippen molar-refractivity contribution in [1.29, 1.82) is 0 Å². The summed E-state index contributed by atoms with van der Waals surface area (Å²) in [7, 11) is -2.35. The SMILES string of the molecule is COc1ccc(-c2cc(C)no2)cc1S(=O)(=O)CCC(=O)N[C@@H]1CCCc2ccccc21. The number of hydrogen-bond acceptors (Lipinski definition) is 6. The molecule has 1 amide bonds. The van der Waals surface area contributed by atoms with Crippen LogP contribution in [0, 0.1) is 6.92 Å². The minimum absolute atomic E-state index is 0.0300. The Bertz CT molecular complexity index is 1230. The number of fused-ring (bicyclic) bond motifs is 1. The van der Waals surface area contributed by atoms with Crippen molar-refractivity contribution in [3.8, 4) is 17.1 Å². The first-order valence-electron chi connectivity index (χ1n) is 10.6. The van der Waals surface area contributed by atoms with Gasteiger partial charge in [0.1, 0.15) is 10.6 Å². The zero-order valence-corrected chi connectivity index (χ0v) is 18.9. The van der Waals surface area contributed by atoms with Gasteiger partial charge in [-0.3, -0.25) is 4.79 Å². The lowest BCUT2D eigenvalue weighted by Crippen LogP contribution is -2.32. The van der Waals surface area contributed by atoms with Gasteiger partial charge in [0.25, 0.3) is 0 Å². The second-order valence-corrected chi connectivity index (χ2v) is 10.1. The van der Waals surface area contributed by atoms with E-state index in [0.29, 0.717) is 17.0 Å². The molecule has 0 radical (unpaired) electrons. The molecule has 8 heteroatoms. The number of nitrogens with zero attached hydrogens (tertiary/aromatic N) is 1. The molecule has 0 aliphatic heterocycles. The molecule has 0 saturated heterocycles. The van der Waals surface area contributed by atoms with E-state index < -0.39 is 9.84 Å². The van der Waals surface area contributed by atoms with Gasteiger partial charge in [0.2, 0.25) is 5.91 Å². The summed E-state index contributed by atoms with van der Waals surface area (Å²) in [6.07, 6.45) is 2.71. The predicted octanol–water partition coefficient (Wildman–Crippen LogP) is 4.02. The first-order chi connectivity index (χ1) is 15.4. The van der Waals surface area contributed by atoms with Gasteiger partial charge in [0.05, 0.1) is 24.6 Å². The third kappa shape index (κ3) is 4.70. The van der Waals surface area contributed by atoms with E-state index in [-0.39, 0.29) is 34.8 Å². The number of hydrogen-bond donors (Lipinski definition) is 1. The van der Waals surface area contributed by atoms with Crippen LogP contribution in [0.2, 0.25) is 0 Å².